The lowest BCUT2D eigenvalue weighted by molar-refractivity contribution is -0.161. The molecular weight excluding hydrogens is 1270 g/mol. The standard InChI is InChI=1S/C78H152O17P2/c1-5-9-13-17-21-25-29-32-34-35-36-37-38-39-41-45-49-53-57-61-65-78(83)95-74(69-89-76(81)63-59-55-51-47-44-40-33-30-26-22-18-14-10-6-2)71-93-97(86,87)91-67-72(79)66-90-96(84,85)92-70-73(68-88-75(80)62-58-54-50-46-42-28-24-20-16-12-8-4)94-77(82)64-60-56-52-48-43-31-27-23-19-15-11-7-3/h72-74,79H,5-71H2,1-4H3,(H,84,85)(H,86,87)/t72-,73+,74+/m0/s1. The summed E-state index contributed by atoms with van der Waals surface area (Å²) in [4.78, 5) is 72.9. The van der Waals surface area contributed by atoms with Crippen LogP contribution in [0.3, 0.4) is 0 Å². The largest absolute Gasteiger partial charge is 0.472 e. The molecule has 0 aliphatic rings. The van der Waals surface area contributed by atoms with E-state index < -0.39 is 97.5 Å². The van der Waals surface area contributed by atoms with Crippen LogP contribution in [0.15, 0.2) is 0 Å². The number of aliphatic hydroxyl groups excluding tert-OH is 1. The second-order valence-corrected chi connectivity index (χ2v) is 31.0. The summed E-state index contributed by atoms with van der Waals surface area (Å²) >= 11 is 0. The average molecular weight is 1420 g/mol. The molecule has 0 amide bonds. The molecule has 0 saturated heterocycles. The van der Waals surface area contributed by atoms with Gasteiger partial charge in [0.15, 0.2) is 12.2 Å². The predicted molar refractivity (Wildman–Crippen MR) is 395 cm³/mol. The molecule has 0 rings (SSSR count). The first-order valence-electron chi connectivity index (χ1n) is 40.8. The molecule has 2 unspecified atom stereocenters. The number of phosphoric ester groups is 2. The molecule has 17 nitrogen and oxygen atoms in total. The molecule has 0 aromatic carbocycles. The van der Waals surface area contributed by atoms with Crippen LogP contribution in [-0.2, 0) is 65.4 Å². The number of esters is 4. The highest BCUT2D eigenvalue weighted by Gasteiger charge is 2.30. The third-order valence-corrected chi connectivity index (χ3v) is 20.3. The zero-order valence-corrected chi connectivity index (χ0v) is 64.8. The van der Waals surface area contributed by atoms with Crippen molar-refractivity contribution in [3.8, 4) is 0 Å². The highest BCUT2D eigenvalue weighted by atomic mass is 31.2. The fourth-order valence-electron chi connectivity index (χ4n) is 12.1. The van der Waals surface area contributed by atoms with E-state index in [9.17, 15) is 43.2 Å². The molecule has 576 valence electrons. The number of aliphatic hydroxyl groups is 1. The van der Waals surface area contributed by atoms with Crippen molar-refractivity contribution in [1.29, 1.82) is 0 Å². The molecule has 0 fully saturated rings. The van der Waals surface area contributed by atoms with Gasteiger partial charge in [0.25, 0.3) is 0 Å². The molecule has 0 aliphatic heterocycles. The van der Waals surface area contributed by atoms with Crippen LogP contribution in [0.25, 0.3) is 0 Å². The van der Waals surface area contributed by atoms with Crippen LogP contribution >= 0.6 is 15.6 Å². The summed E-state index contributed by atoms with van der Waals surface area (Å²) in [6, 6.07) is 0. The van der Waals surface area contributed by atoms with Gasteiger partial charge in [-0.1, -0.05) is 368 Å². The van der Waals surface area contributed by atoms with Gasteiger partial charge in [0, 0.05) is 25.7 Å². The molecule has 0 spiro atoms. The molecule has 0 saturated carbocycles. The van der Waals surface area contributed by atoms with Gasteiger partial charge >= 0.3 is 39.5 Å². The number of hydrogen-bond acceptors (Lipinski definition) is 15. The molecule has 0 bridgehead atoms. The van der Waals surface area contributed by atoms with Crippen molar-refractivity contribution >= 4 is 39.5 Å². The fourth-order valence-corrected chi connectivity index (χ4v) is 13.7. The monoisotopic (exact) mass is 1420 g/mol. The maximum absolute atomic E-state index is 13.1. The zero-order chi connectivity index (χ0) is 71.1. The highest BCUT2D eigenvalue weighted by molar-refractivity contribution is 7.47. The molecule has 0 aromatic rings. The lowest BCUT2D eigenvalue weighted by Gasteiger charge is -2.21. The topological polar surface area (TPSA) is 237 Å². The van der Waals surface area contributed by atoms with E-state index in [0.29, 0.717) is 25.7 Å². The van der Waals surface area contributed by atoms with Gasteiger partial charge in [-0.2, -0.15) is 0 Å². The van der Waals surface area contributed by atoms with E-state index in [-0.39, 0.29) is 25.7 Å². The molecular formula is C78H152O17P2. The van der Waals surface area contributed by atoms with Crippen LogP contribution < -0.4 is 0 Å². The maximum atomic E-state index is 13.1. The van der Waals surface area contributed by atoms with Gasteiger partial charge in [0.2, 0.25) is 0 Å². The second kappa shape index (κ2) is 72.4. The van der Waals surface area contributed by atoms with Gasteiger partial charge in [0.1, 0.15) is 19.3 Å². The van der Waals surface area contributed by atoms with Gasteiger partial charge in [-0.25, -0.2) is 9.13 Å². The summed E-state index contributed by atoms with van der Waals surface area (Å²) in [5, 5.41) is 10.6. The number of rotatable bonds is 79. The average Bonchev–Trinajstić information content (AvgIpc) is 1.81. The minimum absolute atomic E-state index is 0.108. The molecule has 0 radical (unpaired) electrons. The van der Waals surface area contributed by atoms with E-state index in [1.807, 2.05) is 0 Å². The fraction of sp³-hybridized carbons (Fsp3) is 0.949. The molecule has 0 heterocycles. The van der Waals surface area contributed by atoms with Gasteiger partial charge in [-0.05, 0) is 25.7 Å². The number of unbranched alkanes of at least 4 members (excludes halogenated alkanes) is 53. The molecule has 97 heavy (non-hydrogen) atoms. The van der Waals surface area contributed by atoms with E-state index in [1.54, 1.807) is 0 Å². The second-order valence-electron chi connectivity index (χ2n) is 28.1. The quantitative estimate of drug-likeness (QED) is 0.0222. The van der Waals surface area contributed by atoms with Crippen molar-refractivity contribution in [3.63, 3.8) is 0 Å². The van der Waals surface area contributed by atoms with Gasteiger partial charge in [-0.3, -0.25) is 37.3 Å². The third-order valence-electron chi connectivity index (χ3n) is 18.4. The number of carbonyl (C=O) groups excluding carboxylic acids is 4. The van der Waals surface area contributed by atoms with Crippen molar-refractivity contribution in [2.75, 3.05) is 39.6 Å². The predicted octanol–water partition coefficient (Wildman–Crippen LogP) is 23.4. The SMILES string of the molecule is CCCCCCCCCCCCCCCCCCCCCCC(=O)O[C@H](COC(=O)CCCCCCCCCCCCCCCC)COP(=O)(O)OC[C@@H](O)COP(=O)(O)OC[C@@H](COC(=O)CCCCCCCCCCCCC)OC(=O)CCCCCCCCCCCCCC. The van der Waals surface area contributed by atoms with Crippen LogP contribution in [0.4, 0.5) is 0 Å². The molecule has 5 atom stereocenters. The van der Waals surface area contributed by atoms with Crippen molar-refractivity contribution in [2.45, 2.75) is 438 Å². The Morgan fingerprint density at radius 1 is 0.247 bits per heavy atom. The van der Waals surface area contributed by atoms with Crippen molar-refractivity contribution in [2.24, 2.45) is 0 Å². The van der Waals surface area contributed by atoms with Crippen molar-refractivity contribution in [1.82, 2.24) is 0 Å². The third kappa shape index (κ3) is 72.2. The first-order valence-corrected chi connectivity index (χ1v) is 43.8. The Labute approximate surface area is 594 Å². The normalized spacial score (nSPS) is 13.8. The summed E-state index contributed by atoms with van der Waals surface area (Å²) in [5.41, 5.74) is 0. The van der Waals surface area contributed by atoms with Crippen LogP contribution in [-0.4, -0.2) is 96.7 Å². The van der Waals surface area contributed by atoms with E-state index in [1.165, 1.54) is 250 Å². The van der Waals surface area contributed by atoms with Gasteiger partial charge in [-0.15, -0.1) is 0 Å². The highest BCUT2D eigenvalue weighted by Crippen LogP contribution is 2.45. The summed E-state index contributed by atoms with van der Waals surface area (Å²) < 4.78 is 68.6. The summed E-state index contributed by atoms with van der Waals surface area (Å²) in [7, 11) is -9.91. The van der Waals surface area contributed by atoms with Crippen LogP contribution in [0.2, 0.25) is 0 Å². The maximum Gasteiger partial charge on any atom is 0.472 e. The lowest BCUT2D eigenvalue weighted by atomic mass is 10.0. The van der Waals surface area contributed by atoms with E-state index in [4.69, 9.17) is 37.0 Å². The van der Waals surface area contributed by atoms with Crippen LogP contribution in [0.1, 0.15) is 419 Å². The van der Waals surface area contributed by atoms with E-state index in [2.05, 4.69) is 27.7 Å². The smallest absolute Gasteiger partial charge is 0.462 e. The Balaban J connectivity index is 5.22. The number of hydrogen-bond donors (Lipinski definition) is 3. The molecule has 3 N–H and O–H groups in total. The van der Waals surface area contributed by atoms with Gasteiger partial charge < -0.3 is 33.8 Å². The Kier molecular flexibility index (Phi) is 71.0. The first-order chi connectivity index (χ1) is 47.2. The summed E-state index contributed by atoms with van der Waals surface area (Å²) in [6.07, 6.45) is 63.7. The number of phosphoric acid groups is 2. The van der Waals surface area contributed by atoms with Crippen LogP contribution in [0, 0.1) is 0 Å². The minimum atomic E-state index is -4.96. The van der Waals surface area contributed by atoms with E-state index >= 15 is 0 Å². The number of ether oxygens (including phenoxy) is 4. The lowest BCUT2D eigenvalue weighted by Crippen LogP contribution is -2.30. The first kappa shape index (κ1) is 95.1. The summed E-state index contributed by atoms with van der Waals surface area (Å²) in [5.74, 6) is -2.11. The Bertz CT molecular complexity index is 1840. The molecule has 0 aliphatic carbocycles. The van der Waals surface area contributed by atoms with Crippen LogP contribution in [0.5, 0.6) is 0 Å². The van der Waals surface area contributed by atoms with E-state index in [0.717, 1.165) is 89.9 Å². The summed E-state index contributed by atoms with van der Waals surface area (Å²) in [6.45, 7) is 5.00. The van der Waals surface area contributed by atoms with Crippen molar-refractivity contribution in [3.05, 3.63) is 0 Å². The van der Waals surface area contributed by atoms with Crippen molar-refractivity contribution < 1.29 is 80.2 Å². The number of carbonyl (C=O) groups is 4. The van der Waals surface area contributed by atoms with Gasteiger partial charge in [0.05, 0.1) is 26.4 Å². The molecule has 19 heteroatoms. The zero-order valence-electron chi connectivity index (χ0n) is 63.1. The Morgan fingerprint density at radius 2 is 0.412 bits per heavy atom. The molecule has 0 aromatic heterocycles. The Morgan fingerprint density at radius 3 is 0.608 bits per heavy atom. The minimum Gasteiger partial charge on any atom is -0.462 e. The Hall–Kier alpha value is -1.94.